The van der Waals surface area contributed by atoms with E-state index in [0.29, 0.717) is 18.9 Å². The van der Waals surface area contributed by atoms with E-state index in [-0.39, 0.29) is 0 Å². The van der Waals surface area contributed by atoms with Gasteiger partial charge in [-0.25, -0.2) is 0 Å². The van der Waals surface area contributed by atoms with E-state index in [9.17, 15) is 5.11 Å². The first kappa shape index (κ1) is 10.9. The van der Waals surface area contributed by atoms with Crippen LogP contribution in [0, 0.1) is 0 Å². The smallest absolute Gasteiger partial charge is 0.120 e. The van der Waals surface area contributed by atoms with Gasteiger partial charge < -0.3 is 15.2 Å². The van der Waals surface area contributed by atoms with E-state index in [2.05, 4.69) is 5.32 Å². The number of hydrogen-bond donors (Lipinski definition) is 2. The number of hydrogen-bond acceptors (Lipinski definition) is 3. The Labute approximate surface area is 84.7 Å². The molecule has 14 heavy (non-hydrogen) atoms. The van der Waals surface area contributed by atoms with Crippen LogP contribution < -0.4 is 10.1 Å². The fraction of sp³-hybridized carbons (Fsp3) is 0.455. The van der Waals surface area contributed by atoms with Gasteiger partial charge in [-0.3, -0.25) is 0 Å². The summed E-state index contributed by atoms with van der Waals surface area (Å²) in [5.41, 5.74) is 0.873. The van der Waals surface area contributed by atoms with Crippen molar-refractivity contribution in [3.05, 3.63) is 23.8 Å². The van der Waals surface area contributed by atoms with Gasteiger partial charge in [0.15, 0.2) is 0 Å². The summed E-state index contributed by atoms with van der Waals surface area (Å²) in [6, 6.07) is 5.30. The Morgan fingerprint density at radius 3 is 2.79 bits per heavy atom. The van der Waals surface area contributed by atoms with E-state index in [0.717, 1.165) is 17.9 Å². The van der Waals surface area contributed by atoms with Crippen molar-refractivity contribution in [3.63, 3.8) is 0 Å². The average molecular weight is 195 g/mol. The molecule has 0 atom stereocenters. The van der Waals surface area contributed by atoms with Gasteiger partial charge in [0, 0.05) is 12.1 Å². The van der Waals surface area contributed by atoms with Crippen molar-refractivity contribution in [2.24, 2.45) is 0 Å². The molecular formula is C11H17NO2. The third-order valence-electron chi connectivity index (χ3n) is 1.93. The molecule has 1 aromatic carbocycles. The van der Waals surface area contributed by atoms with E-state index in [4.69, 9.17) is 4.74 Å². The van der Waals surface area contributed by atoms with Gasteiger partial charge in [0.25, 0.3) is 0 Å². The van der Waals surface area contributed by atoms with Crippen LogP contribution in [0.3, 0.4) is 0 Å². The Morgan fingerprint density at radius 2 is 2.14 bits per heavy atom. The highest BCUT2D eigenvalue weighted by Gasteiger charge is 2.02. The zero-order valence-corrected chi connectivity index (χ0v) is 8.71. The minimum atomic E-state index is 0.314. The van der Waals surface area contributed by atoms with Crippen molar-refractivity contribution in [2.45, 2.75) is 20.4 Å². The lowest BCUT2D eigenvalue weighted by Crippen LogP contribution is -2.11. The highest BCUT2D eigenvalue weighted by molar-refractivity contribution is 5.39. The zero-order chi connectivity index (χ0) is 10.4. The van der Waals surface area contributed by atoms with E-state index in [1.807, 2.05) is 19.9 Å². The standard InChI is InChI=1S/C11H17NO2/c1-3-12-8-9-7-10(14-4-2)5-6-11(9)13/h5-7,12-13H,3-4,8H2,1-2H3. The Kier molecular flexibility index (Phi) is 4.26. The summed E-state index contributed by atoms with van der Waals surface area (Å²) in [7, 11) is 0. The predicted molar refractivity (Wildman–Crippen MR) is 56.7 cm³/mol. The number of ether oxygens (including phenoxy) is 1. The normalized spacial score (nSPS) is 10.1. The largest absolute Gasteiger partial charge is 0.508 e. The van der Waals surface area contributed by atoms with Gasteiger partial charge in [-0.1, -0.05) is 6.92 Å². The Bertz CT molecular complexity index is 287. The summed E-state index contributed by atoms with van der Waals surface area (Å²) >= 11 is 0. The molecule has 0 unspecified atom stereocenters. The number of aromatic hydroxyl groups is 1. The average Bonchev–Trinajstić information content (AvgIpc) is 2.19. The molecule has 0 aliphatic heterocycles. The van der Waals surface area contributed by atoms with Crippen LogP contribution in [0.5, 0.6) is 11.5 Å². The van der Waals surface area contributed by atoms with Crippen LogP contribution in [0.2, 0.25) is 0 Å². The molecule has 3 heteroatoms. The van der Waals surface area contributed by atoms with Gasteiger partial charge in [-0.2, -0.15) is 0 Å². The number of benzene rings is 1. The van der Waals surface area contributed by atoms with Crippen LogP contribution in [-0.2, 0) is 6.54 Å². The molecular weight excluding hydrogens is 178 g/mol. The molecule has 0 fully saturated rings. The molecule has 0 spiro atoms. The number of rotatable bonds is 5. The van der Waals surface area contributed by atoms with Gasteiger partial charge in [0.2, 0.25) is 0 Å². The van der Waals surface area contributed by atoms with E-state index >= 15 is 0 Å². The van der Waals surface area contributed by atoms with Crippen molar-refractivity contribution in [3.8, 4) is 11.5 Å². The summed E-state index contributed by atoms with van der Waals surface area (Å²) in [6.07, 6.45) is 0. The second-order valence-corrected chi connectivity index (χ2v) is 3.00. The van der Waals surface area contributed by atoms with E-state index in [1.54, 1.807) is 12.1 Å². The Balaban J connectivity index is 2.74. The van der Waals surface area contributed by atoms with Gasteiger partial charge in [0.05, 0.1) is 6.61 Å². The van der Waals surface area contributed by atoms with Crippen molar-refractivity contribution in [2.75, 3.05) is 13.2 Å². The second-order valence-electron chi connectivity index (χ2n) is 3.00. The monoisotopic (exact) mass is 195 g/mol. The molecule has 0 bridgehead atoms. The highest BCUT2D eigenvalue weighted by Crippen LogP contribution is 2.22. The molecule has 0 aromatic heterocycles. The maximum Gasteiger partial charge on any atom is 0.120 e. The predicted octanol–water partition coefficient (Wildman–Crippen LogP) is 1.90. The third kappa shape index (κ3) is 2.92. The van der Waals surface area contributed by atoms with Crippen molar-refractivity contribution >= 4 is 0 Å². The molecule has 0 saturated carbocycles. The molecule has 0 aliphatic carbocycles. The van der Waals surface area contributed by atoms with Crippen molar-refractivity contribution < 1.29 is 9.84 Å². The molecule has 2 N–H and O–H groups in total. The number of phenolic OH excluding ortho intramolecular Hbond substituents is 1. The summed E-state index contributed by atoms with van der Waals surface area (Å²) in [5, 5.41) is 12.7. The maximum absolute atomic E-state index is 9.53. The molecule has 0 amide bonds. The molecule has 3 nitrogen and oxygen atoms in total. The number of nitrogens with one attached hydrogen (secondary N) is 1. The quantitative estimate of drug-likeness (QED) is 0.754. The lowest BCUT2D eigenvalue weighted by molar-refractivity contribution is 0.338. The molecule has 0 saturated heterocycles. The highest BCUT2D eigenvalue weighted by atomic mass is 16.5. The first-order chi connectivity index (χ1) is 6.77. The summed E-state index contributed by atoms with van der Waals surface area (Å²) in [5.74, 6) is 1.12. The van der Waals surface area contributed by atoms with E-state index < -0.39 is 0 Å². The number of phenols is 1. The fourth-order valence-corrected chi connectivity index (χ4v) is 1.22. The maximum atomic E-state index is 9.53. The lowest BCUT2D eigenvalue weighted by atomic mass is 10.2. The fourth-order valence-electron chi connectivity index (χ4n) is 1.22. The van der Waals surface area contributed by atoms with Crippen LogP contribution in [0.4, 0.5) is 0 Å². The Hall–Kier alpha value is -1.22. The van der Waals surface area contributed by atoms with Crippen molar-refractivity contribution in [1.29, 1.82) is 0 Å². The molecule has 78 valence electrons. The van der Waals surface area contributed by atoms with E-state index in [1.165, 1.54) is 0 Å². The molecule has 1 rings (SSSR count). The van der Waals surface area contributed by atoms with Gasteiger partial charge in [-0.05, 0) is 31.7 Å². The van der Waals surface area contributed by atoms with Crippen LogP contribution >= 0.6 is 0 Å². The second kappa shape index (κ2) is 5.50. The van der Waals surface area contributed by atoms with Crippen LogP contribution in [0.15, 0.2) is 18.2 Å². The molecule has 0 heterocycles. The minimum absolute atomic E-state index is 0.314. The summed E-state index contributed by atoms with van der Waals surface area (Å²) < 4.78 is 5.34. The van der Waals surface area contributed by atoms with Crippen LogP contribution in [0.1, 0.15) is 19.4 Å². The van der Waals surface area contributed by atoms with Crippen molar-refractivity contribution in [1.82, 2.24) is 5.32 Å². The summed E-state index contributed by atoms with van der Waals surface area (Å²) in [6.45, 7) is 6.17. The molecule has 0 radical (unpaired) electrons. The van der Waals surface area contributed by atoms with Crippen LogP contribution in [-0.4, -0.2) is 18.3 Å². The van der Waals surface area contributed by atoms with Crippen LogP contribution in [0.25, 0.3) is 0 Å². The molecule has 0 aliphatic rings. The lowest BCUT2D eigenvalue weighted by Gasteiger charge is -2.08. The Morgan fingerprint density at radius 1 is 1.36 bits per heavy atom. The minimum Gasteiger partial charge on any atom is -0.508 e. The van der Waals surface area contributed by atoms with Gasteiger partial charge >= 0.3 is 0 Å². The molecule has 1 aromatic rings. The zero-order valence-electron chi connectivity index (χ0n) is 8.71. The third-order valence-corrected chi connectivity index (χ3v) is 1.93. The van der Waals surface area contributed by atoms with Gasteiger partial charge in [-0.15, -0.1) is 0 Å². The first-order valence-electron chi connectivity index (χ1n) is 4.93. The summed E-state index contributed by atoms with van der Waals surface area (Å²) in [4.78, 5) is 0. The first-order valence-corrected chi connectivity index (χ1v) is 4.93. The topological polar surface area (TPSA) is 41.5 Å². The van der Waals surface area contributed by atoms with Gasteiger partial charge in [0.1, 0.15) is 11.5 Å². The SMILES string of the molecule is CCNCc1cc(OCC)ccc1O.